The molecule has 0 amide bonds. The van der Waals surface area contributed by atoms with Gasteiger partial charge in [0.1, 0.15) is 5.78 Å². The smallest absolute Gasteiger partial charge is 0.138 e. The molecule has 0 radical (unpaired) electrons. The van der Waals surface area contributed by atoms with Crippen molar-refractivity contribution >= 4 is 11.5 Å². The molecule has 0 bridgehead atoms. The van der Waals surface area contributed by atoms with Gasteiger partial charge in [0.2, 0.25) is 0 Å². The average molecular weight is 205 g/mol. The van der Waals surface area contributed by atoms with Crippen molar-refractivity contribution in [3.63, 3.8) is 0 Å². The molecule has 0 saturated heterocycles. The topological polar surface area (TPSA) is 43.1 Å². The number of anilines is 1. The summed E-state index contributed by atoms with van der Waals surface area (Å²) in [5, 5.41) is 0. The molecule has 1 aromatic carbocycles. The lowest BCUT2D eigenvalue weighted by Crippen LogP contribution is -2.20. The molecular formula is C13H19NO. The first-order valence-electron chi connectivity index (χ1n) is 5.27. The second kappa shape index (κ2) is 4.47. The van der Waals surface area contributed by atoms with Crippen molar-refractivity contribution in [2.75, 3.05) is 5.73 Å². The zero-order valence-electron chi connectivity index (χ0n) is 9.71. The monoisotopic (exact) mass is 205 g/mol. The normalized spacial score (nSPS) is 11.4. The quantitative estimate of drug-likeness (QED) is 0.771. The summed E-state index contributed by atoms with van der Waals surface area (Å²) in [4.78, 5) is 11.7. The van der Waals surface area contributed by atoms with Crippen LogP contribution in [-0.4, -0.2) is 5.78 Å². The van der Waals surface area contributed by atoms with Crippen molar-refractivity contribution in [1.82, 2.24) is 0 Å². The summed E-state index contributed by atoms with van der Waals surface area (Å²) in [6.45, 7) is 5.87. The Balaban J connectivity index is 2.51. The number of carbonyl (C=O) groups is 1. The lowest BCUT2D eigenvalue weighted by Gasteiger charge is -2.16. The van der Waals surface area contributed by atoms with Gasteiger partial charge in [-0.25, -0.2) is 0 Å². The summed E-state index contributed by atoms with van der Waals surface area (Å²) in [7, 11) is 0. The maximum absolute atomic E-state index is 11.7. The van der Waals surface area contributed by atoms with E-state index in [1.807, 2.05) is 45.0 Å². The van der Waals surface area contributed by atoms with Crippen LogP contribution in [0.1, 0.15) is 32.8 Å². The molecule has 2 nitrogen and oxygen atoms in total. The minimum Gasteiger partial charge on any atom is -0.399 e. The Bertz CT molecular complexity index is 333. The molecular weight excluding hydrogens is 186 g/mol. The Morgan fingerprint density at radius 3 is 2.20 bits per heavy atom. The Hall–Kier alpha value is -1.31. The van der Waals surface area contributed by atoms with Crippen LogP contribution >= 0.6 is 0 Å². The molecule has 1 aromatic rings. The predicted octanol–water partition coefficient (Wildman–Crippen LogP) is 2.82. The Morgan fingerprint density at radius 2 is 1.73 bits per heavy atom. The molecule has 0 aliphatic rings. The molecule has 1 rings (SSSR count). The molecule has 0 atom stereocenters. The van der Waals surface area contributed by atoms with Crippen molar-refractivity contribution in [3.05, 3.63) is 29.8 Å². The Kier molecular flexibility index (Phi) is 3.51. The summed E-state index contributed by atoms with van der Waals surface area (Å²) >= 11 is 0. The number of aryl methyl sites for hydroxylation is 1. The van der Waals surface area contributed by atoms with E-state index in [1.54, 1.807) is 0 Å². The molecule has 2 N–H and O–H groups in total. The molecule has 0 heterocycles. The highest BCUT2D eigenvalue weighted by Crippen LogP contribution is 2.18. The number of Topliss-reactive ketones (excluding diaryl/α,β-unsaturated/α-hetero) is 1. The highest BCUT2D eigenvalue weighted by molar-refractivity contribution is 5.83. The third kappa shape index (κ3) is 3.74. The van der Waals surface area contributed by atoms with Crippen LogP contribution in [0.5, 0.6) is 0 Å². The number of carbonyl (C=O) groups excluding carboxylic acids is 1. The van der Waals surface area contributed by atoms with Crippen molar-refractivity contribution in [1.29, 1.82) is 0 Å². The number of nitrogens with two attached hydrogens (primary N) is 1. The van der Waals surface area contributed by atoms with E-state index in [0.29, 0.717) is 12.2 Å². The van der Waals surface area contributed by atoms with Gasteiger partial charge in [-0.15, -0.1) is 0 Å². The third-order valence-corrected chi connectivity index (χ3v) is 2.46. The number of ketones is 1. The average Bonchev–Trinajstić information content (AvgIpc) is 2.15. The van der Waals surface area contributed by atoms with Crippen molar-refractivity contribution in [2.24, 2.45) is 5.41 Å². The van der Waals surface area contributed by atoms with Gasteiger partial charge in [-0.1, -0.05) is 32.9 Å². The van der Waals surface area contributed by atoms with Crippen molar-refractivity contribution in [3.8, 4) is 0 Å². The van der Waals surface area contributed by atoms with E-state index < -0.39 is 0 Å². The second-order valence-corrected chi connectivity index (χ2v) is 4.91. The first-order chi connectivity index (χ1) is 6.89. The van der Waals surface area contributed by atoms with Gasteiger partial charge in [-0.3, -0.25) is 4.79 Å². The fourth-order valence-corrected chi connectivity index (χ4v) is 1.32. The first kappa shape index (κ1) is 11.8. The number of hydrogen-bond donors (Lipinski definition) is 1. The van der Waals surface area contributed by atoms with Gasteiger partial charge in [-0.2, -0.15) is 0 Å². The van der Waals surface area contributed by atoms with E-state index in [4.69, 9.17) is 5.73 Å². The largest absolute Gasteiger partial charge is 0.399 e. The number of benzene rings is 1. The molecule has 0 spiro atoms. The van der Waals surface area contributed by atoms with Gasteiger partial charge in [-0.05, 0) is 24.1 Å². The van der Waals surface area contributed by atoms with E-state index >= 15 is 0 Å². The fraction of sp³-hybridized carbons (Fsp3) is 0.462. The SMILES string of the molecule is CC(C)(C)C(=O)CCc1ccc(N)cc1. The molecule has 0 fully saturated rings. The zero-order valence-corrected chi connectivity index (χ0v) is 9.71. The van der Waals surface area contributed by atoms with Crippen LogP contribution < -0.4 is 5.73 Å². The minimum absolute atomic E-state index is 0.228. The summed E-state index contributed by atoms with van der Waals surface area (Å²) in [6.07, 6.45) is 1.41. The summed E-state index contributed by atoms with van der Waals surface area (Å²) < 4.78 is 0. The van der Waals surface area contributed by atoms with Crippen molar-refractivity contribution in [2.45, 2.75) is 33.6 Å². The minimum atomic E-state index is -0.228. The molecule has 82 valence electrons. The van der Waals surface area contributed by atoms with Gasteiger partial charge in [0.15, 0.2) is 0 Å². The third-order valence-electron chi connectivity index (χ3n) is 2.46. The van der Waals surface area contributed by atoms with Crippen LogP contribution in [0.15, 0.2) is 24.3 Å². The fourth-order valence-electron chi connectivity index (χ4n) is 1.32. The standard InChI is InChI=1S/C13H19NO/c1-13(2,3)12(15)9-6-10-4-7-11(14)8-5-10/h4-5,7-8H,6,9,14H2,1-3H3. The molecule has 2 heteroatoms. The van der Waals surface area contributed by atoms with Crippen LogP contribution in [0.3, 0.4) is 0 Å². The zero-order chi connectivity index (χ0) is 11.5. The van der Waals surface area contributed by atoms with Gasteiger partial charge < -0.3 is 5.73 Å². The van der Waals surface area contributed by atoms with Gasteiger partial charge in [0, 0.05) is 17.5 Å². The van der Waals surface area contributed by atoms with Crippen LogP contribution in [-0.2, 0) is 11.2 Å². The summed E-state index contributed by atoms with van der Waals surface area (Å²) in [5.74, 6) is 0.305. The van der Waals surface area contributed by atoms with E-state index in [2.05, 4.69) is 0 Å². The number of rotatable bonds is 3. The Morgan fingerprint density at radius 1 is 1.20 bits per heavy atom. The number of hydrogen-bond acceptors (Lipinski definition) is 2. The summed E-state index contributed by atoms with van der Waals surface area (Å²) in [6, 6.07) is 7.70. The van der Waals surface area contributed by atoms with Crippen molar-refractivity contribution < 1.29 is 4.79 Å². The highest BCUT2D eigenvalue weighted by Gasteiger charge is 2.20. The van der Waals surface area contributed by atoms with Gasteiger partial charge in [0.05, 0.1) is 0 Å². The molecule has 0 aliphatic heterocycles. The lowest BCUT2D eigenvalue weighted by atomic mass is 9.87. The maximum Gasteiger partial charge on any atom is 0.138 e. The van der Waals surface area contributed by atoms with E-state index in [0.717, 1.165) is 12.1 Å². The van der Waals surface area contributed by atoms with Crippen LogP contribution in [0, 0.1) is 5.41 Å². The van der Waals surface area contributed by atoms with Crippen LogP contribution in [0.2, 0.25) is 0 Å². The van der Waals surface area contributed by atoms with Gasteiger partial charge >= 0.3 is 0 Å². The number of nitrogen functional groups attached to an aromatic ring is 1. The Labute approximate surface area is 91.5 Å². The molecule has 0 unspecified atom stereocenters. The highest BCUT2D eigenvalue weighted by atomic mass is 16.1. The van der Waals surface area contributed by atoms with E-state index in [9.17, 15) is 4.79 Å². The molecule has 0 saturated carbocycles. The van der Waals surface area contributed by atoms with Crippen LogP contribution in [0.25, 0.3) is 0 Å². The van der Waals surface area contributed by atoms with E-state index in [1.165, 1.54) is 5.56 Å². The van der Waals surface area contributed by atoms with E-state index in [-0.39, 0.29) is 5.41 Å². The molecule has 15 heavy (non-hydrogen) atoms. The molecule has 0 aromatic heterocycles. The van der Waals surface area contributed by atoms with Gasteiger partial charge in [0.25, 0.3) is 0 Å². The summed E-state index contributed by atoms with van der Waals surface area (Å²) in [5.41, 5.74) is 7.29. The maximum atomic E-state index is 11.7. The lowest BCUT2D eigenvalue weighted by molar-refractivity contribution is -0.126. The molecule has 0 aliphatic carbocycles. The predicted molar refractivity (Wildman–Crippen MR) is 63.6 cm³/mol. The first-order valence-corrected chi connectivity index (χ1v) is 5.27. The second-order valence-electron chi connectivity index (χ2n) is 4.91. The van der Waals surface area contributed by atoms with Crippen LogP contribution in [0.4, 0.5) is 5.69 Å².